The van der Waals surface area contributed by atoms with Crippen LogP contribution in [0.25, 0.3) is 97.4 Å². The maximum atomic E-state index is 2.60. The summed E-state index contributed by atoms with van der Waals surface area (Å²) in [5.74, 6) is 0. The van der Waals surface area contributed by atoms with Gasteiger partial charge in [0.05, 0.1) is 11.0 Å². The molecular weight excluding hydrogens is 712 g/mol. The van der Waals surface area contributed by atoms with Crippen LogP contribution in [0.2, 0.25) is 0 Å². The Bertz CT molecular complexity index is 3530. The van der Waals surface area contributed by atoms with Crippen molar-refractivity contribution in [1.29, 1.82) is 0 Å². The predicted molar refractivity (Wildman–Crippen MR) is 276 cm³/mol. The van der Waals surface area contributed by atoms with Crippen molar-refractivity contribution >= 4 is 168 Å². The van der Waals surface area contributed by atoms with Crippen LogP contribution in [0.4, 0.5) is 0 Å². The zero-order valence-electron chi connectivity index (χ0n) is 34.1. The minimum Gasteiger partial charge on any atom is -0.310 e. The van der Waals surface area contributed by atoms with E-state index in [9.17, 15) is 0 Å². The standard InChI is InChI=1S/C48H37B7N2S/c49-39-36(25-18-20-33-31(22-25)30-16-9-15-28(24-10-3-1-4-11-24)46(30)56(33)26-12-5-2-6-13-26)40(50)44(54)47-37(39)38-41(51)42(52)43(53)45(55)48(38)57(47)27-19-21-35-32(23-27)29-14-7-8-17-34(29)58-35/h1-23H,49-55H2. The Kier molecular flexibility index (Phi) is 7.91. The minimum atomic E-state index is 1.17. The topological polar surface area (TPSA) is 9.86 Å². The lowest BCUT2D eigenvalue weighted by atomic mass is 9.64. The third-order valence-corrected chi connectivity index (χ3v) is 14.6. The highest BCUT2D eigenvalue weighted by Gasteiger charge is 2.26. The van der Waals surface area contributed by atoms with E-state index in [1.165, 1.54) is 136 Å². The van der Waals surface area contributed by atoms with Gasteiger partial charge in [-0.3, -0.25) is 0 Å². The number of fused-ring (bicyclic) bond motifs is 9. The maximum Gasteiger partial charge on any atom is 0.141 e. The summed E-state index contributed by atoms with van der Waals surface area (Å²) in [5, 5.41) is 7.93. The van der Waals surface area contributed by atoms with Crippen LogP contribution in [0.5, 0.6) is 0 Å². The molecule has 0 unspecified atom stereocenters. The molecule has 8 aromatic carbocycles. The van der Waals surface area contributed by atoms with Crippen molar-refractivity contribution in [2.45, 2.75) is 0 Å². The van der Waals surface area contributed by atoms with Gasteiger partial charge < -0.3 is 9.13 Å². The first-order valence-corrected chi connectivity index (χ1v) is 21.2. The van der Waals surface area contributed by atoms with Gasteiger partial charge in [0.25, 0.3) is 0 Å². The molecule has 0 bridgehead atoms. The van der Waals surface area contributed by atoms with E-state index >= 15 is 0 Å². The molecule has 0 radical (unpaired) electrons. The molecular formula is C48H37B7N2S. The third-order valence-electron chi connectivity index (χ3n) is 13.4. The second-order valence-corrected chi connectivity index (χ2v) is 17.4. The van der Waals surface area contributed by atoms with Gasteiger partial charge >= 0.3 is 0 Å². The largest absolute Gasteiger partial charge is 0.310 e. The van der Waals surface area contributed by atoms with Crippen molar-refractivity contribution in [3.05, 3.63) is 140 Å². The Labute approximate surface area is 348 Å². The molecule has 2 nitrogen and oxygen atoms in total. The van der Waals surface area contributed by atoms with Gasteiger partial charge in [-0.25, -0.2) is 0 Å². The molecule has 0 atom stereocenters. The SMILES string of the molecule is Bc1c(B)c(B)c2c(c1B)c1c(B)c(-c3ccc4c(c3)c3cccc(-c5ccccc5)c3n4-c3ccccc3)c(B)c(B)c1n2-c1ccc2sc3ccccc3c2c1. The molecule has 0 N–H and O–H groups in total. The molecule has 0 aliphatic rings. The lowest BCUT2D eigenvalue weighted by molar-refractivity contribution is 1.18. The first-order valence-electron chi connectivity index (χ1n) is 20.4. The van der Waals surface area contributed by atoms with Crippen molar-refractivity contribution < 1.29 is 0 Å². The summed E-state index contributed by atoms with van der Waals surface area (Å²) >= 11 is 1.88. The monoisotopic (exact) mass is 750 g/mol. The number of para-hydroxylation sites is 2. The van der Waals surface area contributed by atoms with Crippen LogP contribution in [0.3, 0.4) is 0 Å². The normalized spacial score (nSPS) is 11.9. The summed E-state index contributed by atoms with van der Waals surface area (Å²) < 4.78 is 7.73. The van der Waals surface area contributed by atoms with Crippen LogP contribution >= 0.6 is 11.3 Å². The molecule has 58 heavy (non-hydrogen) atoms. The van der Waals surface area contributed by atoms with Gasteiger partial charge in [-0.1, -0.05) is 124 Å². The zero-order chi connectivity index (χ0) is 39.6. The average molecular weight is 750 g/mol. The van der Waals surface area contributed by atoms with E-state index in [0.29, 0.717) is 0 Å². The lowest BCUT2D eigenvalue weighted by Crippen LogP contribution is -2.48. The first kappa shape index (κ1) is 35.2. The number of rotatable bonds is 4. The Morgan fingerprint density at radius 1 is 0.362 bits per heavy atom. The quantitative estimate of drug-likeness (QED) is 0.241. The van der Waals surface area contributed by atoms with Crippen LogP contribution in [0.1, 0.15) is 0 Å². The van der Waals surface area contributed by atoms with E-state index in [1.54, 1.807) is 0 Å². The number of nitrogens with zero attached hydrogens (tertiary/aromatic N) is 2. The Hall–Kier alpha value is -5.97. The van der Waals surface area contributed by atoms with E-state index in [-0.39, 0.29) is 0 Å². The highest BCUT2D eigenvalue weighted by atomic mass is 32.1. The Balaban J connectivity index is 1.23. The van der Waals surface area contributed by atoms with E-state index in [4.69, 9.17) is 0 Å². The van der Waals surface area contributed by atoms with E-state index in [1.807, 2.05) is 11.3 Å². The second-order valence-electron chi connectivity index (χ2n) is 16.3. The highest BCUT2D eigenvalue weighted by molar-refractivity contribution is 7.25. The number of thiophene rings is 1. The van der Waals surface area contributed by atoms with Gasteiger partial charge in [0.15, 0.2) is 0 Å². The summed E-state index contributed by atoms with van der Waals surface area (Å²) in [6.07, 6.45) is 0. The van der Waals surface area contributed by atoms with Gasteiger partial charge in [0, 0.05) is 64.3 Å². The van der Waals surface area contributed by atoms with Crippen molar-refractivity contribution in [2.75, 3.05) is 0 Å². The van der Waals surface area contributed by atoms with Crippen LogP contribution in [-0.4, -0.2) is 64.1 Å². The molecule has 266 valence electrons. The molecule has 0 fully saturated rings. The number of hydrogen-bond acceptors (Lipinski definition) is 1. The van der Waals surface area contributed by atoms with Crippen LogP contribution in [0, 0.1) is 0 Å². The molecule has 11 rings (SSSR count). The van der Waals surface area contributed by atoms with Crippen molar-refractivity contribution in [1.82, 2.24) is 9.13 Å². The third kappa shape index (κ3) is 4.88. The Morgan fingerprint density at radius 3 is 1.78 bits per heavy atom. The molecule has 0 aliphatic heterocycles. The molecule has 10 heteroatoms. The molecule has 11 aromatic rings. The molecule has 0 aliphatic carbocycles. The van der Waals surface area contributed by atoms with Crippen LogP contribution in [0.15, 0.2) is 140 Å². The van der Waals surface area contributed by atoms with Gasteiger partial charge in [0.1, 0.15) is 54.9 Å². The summed E-state index contributed by atoms with van der Waals surface area (Å²) in [6.45, 7) is 0. The molecule has 0 saturated heterocycles. The fourth-order valence-electron chi connectivity index (χ4n) is 10.2. The van der Waals surface area contributed by atoms with E-state index in [0.717, 1.165) is 0 Å². The van der Waals surface area contributed by atoms with Gasteiger partial charge in [-0.15, -0.1) is 16.8 Å². The fraction of sp³-hybridized carbons (Fsp3) is 0. The summed E-state index contributed by atoms with van der Waals surface area (Å²) in [5.41, 5.74) is 22.0. The van der Waals surface area contributed by atoms with Crippen LogP contribution in [-0.2, 0) is 0 Å². The van der Waals surface area contributed by atoms with Crippen molar-refractivity contribution in [2.24, 2.45) is 0 Å². The van der Waals surface area contributed by atoms with Crippen LogP contribution < -0.4 is 38.2 Å². The molecule has 0 saturated carbocycles. The minimum absolute atomic E-state index is 1.17. The summed E-state index contributed by atoms with van der Waals surface area (Å²) in [6, 6.07) is 51.6. The summed E-state index contributed by atoms with van der Waals surface area (Å²) in [7, 11) is 16.3. The lowest BCUT2D eigenvalue weighted by Gasteiger charge is -2.19. The zero-order valence-corrected chi connectivity index (χ0v) is 34.9. The fourth-order valence-corrected chi connectivity index (χ4v) is 11.3. The molecule has 0 amide bonds. The van der Waals surface area contributed by atoms with Crippen molar-refractivity contribution in [3.8, 4) is 33.6 Å². The number of benzene rings is 8. The molecule has 3 heterocycles. The van der Waals surface area contributed by atoms with Gasteiger partial charge in [0.2, 0.25) is 0 Å². The molecule has 0 spiro atoms. The second kappa shape index (κ2) is 13.0. The smallest absolute Gasteiger partial charge is 0.141 e. The van der Waals surface area contributed by atoms with E-state index < -0.39 is 0 Å². The first-order chi connectivity index (χ1) is 28.2. The van der Waals surface area contributed by atoms with E-state index in [2.05, 4.69) is 204 Å². The highest BCUT2D eigenvalue weighted by Crippen LogP contribution is 2.41. The number of aromatic nitrogens is 2. The maximum absolute atomic E-state index is 2.60. The van der Waals surface area contributed by atoms with Gasteiger partial charge in [-0.05, 0) is 70.6 Å². The van der Waals surface area contributed by atoms with Gasteiger partial charge in [-0.2, -0.15) is 0 Å². The average Bonchev–Trinajstić information content (AvgIpc) is 3.93. The number of hydrogen-bond donors (Lipinski definition) is 0. The van der Waals surface area contributed by atoms with Crippen molar-refractivity contribution in [3.63, 3.8) is 0 Å². The summed E-state index contributed by atoms with van der Waals surface area (Å²) in [4.78, 5) is 0. The molecule has 3 aromatic heterocycles. The Morgan fingerprint density at radius 2 is 1.00 bits per heavy atom. The predicted octanol–water partition coefficient (Wildman–Crippen LogP) is 1.39.